The summed E-state index contributed by atoms with van der Waals surface area (Å²) in [6.45, 7) is 5.30. The van der Waals surface area contributed by atoms with Crippen molar-refractivity contribution in [3.63, 3.8) is 0 Å². The smallest absolute Gasteiger partial charge is 0.347 e. The lowest BCUT2D eigenvalue weighted by molar-refractivity contribution is -0.145. The van der Waals surface area contributed by atoms with Crippen molar-refractivity contribution >= 4 is 11.9 Å². The number of aliphatic hydroxyl groups excluding tert-OH is 2. The van der Waals surface area contributed by atoms with Gasteiger partial charge in [0, 0.05) is 24.1 Å². The van der Waals surface area contributed by atoms with Crippen molar-refractivity contribution in [2.45, 2.75) is 53.4 Å². The van der Waals surface area contributed by atoms with E-state index in [0.29, 0.717) is 0 Å². The normalized spacial score (nSPS) is 11.6. The molecule has 0 saturated heterocycles. The number of benzene rings is 2. The summed E-state index contributed by atoms with van der Waals surface area (Å²) in [6, 6.07) is 3.71. The molecule has 2 aromatic rings. The maximum atomic E-state index is 12.9. The Balaban J connectivity index is 2.38. The Morgan fingerprint density at radius 2 is 1.72 bits per heavy atom. The highest BCUT2D eigenvalue weighted by molar-refractivity contribution is 5.96. The Morgan fingerprint density at radius 3 is 2.31 bits per heavy atom. The van der Waals surface area contributed by atoms with E-state index < -0.39 is 30.4 Å². The first-order valence-corrected chi connectivity index (χ1v) is 11.2. The molecule has 1 unspecified atom stereocenters. The van der Waals surface area contributed by atoms with Gasteiger partial charge >= 0.3 is 11.9 Å². The van der Waals surface area contributed by atoms with Crippen LogP contribution in [0.1, 0.15) is 53.4 Å². The van der Waals surface area contributed by atoms with Crippen molar-refractivity contribution < 1.29 is 49.3 Å². The number of esters is 2. The van der Waals surface area contributed by atoms with Crippen molar-refractivity contribution in [3.8, 4) is 23.0 Å². The number of rotatable bonds is 11. The molecule has 0 aliphatic rings. The summed E-state index contributed by atoms with van der Waals surface area (Å²) < 4.78 is 15.7. The predicted molar refractivity (Wildman–Crippen MR) is 129 cm³/mol. The molecule has 0 spiro atoms. The van der Waals surface area contributed by atoms with Gasteiger partial charge in [-0.2, -0.15) is 0 Å². The predicted octanol–water partition coefficient (Wildman–Crippen LogP) is 2.77. The molecule has 196 valence electrons. The third-order valence-corrected chi connectivity index (χ3v) is 5.19. The SMILES string of the molecule is CC(=O)OCC(O)COCc1c(CO)cc(OC(=O)c2c(C)cc(O)cc2O)c(CC=C(C)C)c1O. The van der Waals surface area contributed by atoms with Gasteiger partial charge in [0.15, 0.2) is 0 Å². The number of hydrogen-bond acceptors (Lipinski definition) is 10. The molecule has 0 aliphatic carbocycles. The summed E-state index contributed by atoms with van der Waals surface area (Å²) in [7, 11) is 0. The maximum absolute atomic E-state index is 12.9. The van der Waals surface area contributed by atoms with Gasteiger partial charge in [-0.25, -0.2) is 4.79 Å². The molecule has 0 heterocycles. The highest BCUT2D eigenvalue weighted by Gasteiger charge is 2.23. The zero-order chi connectivity index (χ0) is 27.0. The van der Waals surface area contributed by atoms with Crippen molar-refractivity contribution in [3.05, 3.63) is 57.7 Å². The Labute approximate surface area is 209 Å². The molecule has 5 N–H and O–H groups in total. The molecule has 0 aliphatic heterocycles. The molecular weight excluding hydrogens is 472 g/mol. The van der Waals surface area contributed by atoms with Crippen molar-refractivity contribution in [2.24, 2.45) is 0 Å². The highest BCUT2D eigenvalue weighted by atomic mass is 16.5. The molecule has 2 aromatic carbocycles. The van der Waals surface area contributed by atoms with Crippen molar-refractivity contribution in [1.29, 1.82) is 0 Å². The quantitative estimate of drug-likeness (QED) is 0.175. The van der Waals surface area contributed by atoms with Crippen LogP contribution in [-0.2, 0) is 33.9 Å². The Kier molecular flexibility index (Phi) is 10.3. The Morgan fingerprint density at radius 1 is 1.03 bits per heavy atom. The third kappa shape index (κ3) is 7.70. The lowest BCUT2D eigenvalue weighted by Gasteiger charge is -2.19. The van der Waals surface area contributed by atoms with E-state index in [-0.39, 0.29) is 71.3 Å². The van der Waals surface area contributed by atoms with Gasteiger partial charge in [0.1, 0.15) is 41.3 Å². The van der Waals surface area contributed by atoms with Gasteiger partial charge in [-0.1, -0.05) is 11.6 Å². The molecule has 0 fully saturated rings. The minimum Gasteiger partial charge on any atom is -0.508 e. The minimum atomic E-state index is -1.08. The van der Waals surface area contributed by atoms with Gasteiger partial charge in [-0.3, -0.25) is 4.79 Å². The monoisotopic (exact) mass is 504 g/mol. The Hall–Kier alpha value is -3.60. The van der Waals surface area contributed by atoms with E-state index in [0.717, 1.165) is 11.6 Å². The zero-order valence-corrected chi connectivity index (χ0v) is 20.7. The summed E-state index contributed by atoms with van der Waals surface area (Å²) in [6.07, 6.45) is 0.910. The second-order valence-corrected chi connectivity index (χ2v) is 8.50. The molecule has 10 heteroatoms. The molecule has 0 radical (unpaired) electrons. The van der Waals surface area contributed by atoms with E-state index in [4.69, 9.17) is 14.2 Å². The van der Waals surface area contributed by atoms with Crippen LogP contribution in [0.3, 0.4) is 0 Å². The number of aliphatic hydroxyl groups is 2. The average molecular weight is 505 g/mol. The molecule has 36 heavy (non-hydrogen) atoms. The standard InChI is InChI=1S/C26H32O10/c1-14(2)5-6-20-23(36-26(33)24-15(3)7-18(29)9-22(24)31)8-17(10-27)21(25(20)32)13-34-11-19(30)12-35-16(4)28/h5,7-9,19,27,29-32H,6,10-13H2,1-4H3. The number of phenols is 3. The van der Waals surface area contributed by atoms with Gasteiger partial charge in [-0.15, -0.1) is 0 Å². The van der Waals surface area contributed by atoms with Crippen LogP contribution in [0.2, 0.25) is 0 Å². The van der Waals surface area contributed by atoms with Gasteiger partial charge in [0.25, 0.3) is 0 Å². The maximum Gasteiger partial charge on any atom is 0.347 e. The summed E-state index contributed by atoms with van der Waals surface area (Å²) >= 11 is 0. The van der Waals surface area contributed by atoms with Crippen LogP contribution in [0, 0.1) is 6.92 Å². The minimum absolute atomic E-state index is 0.0235. The Bertz CT molecular complexity index is 1110. The largest absolute Gasteiger partial charge is 0.508 e. The lowest BCUT2D eigenvalue weighted by atomic mass is 9.98. The van der Waals surface area contributed by atoms with Gasteiger partial charge in [0.2, 0.25) is 0 Å². The summed E-state index contributed by atoms with van der Waals surface area (Å²) in [5.74, 6) is -2.42. The number of allylic oxidation sites excluding steroid dienone is 2. The van der Waals surface area contributed by atoms with Gasteiger partial charge in [-0.05, 0) is 50.5 Å². The van der Waals surface area contributed by atoms with E-state index in [2.05, 4.69) is 0 Å². The molecular formula is C26H32O10. The molecule has 2 rings (SSSR count). The summed E-state index contributed by atoms with van der Waals surface area (Å²) in [5.41, 5.74) is 1.77. The van der Waals surface area contributed by atoms with Crippen molar-refractivity contribution in [2.75, 3.05) is 13.2 Å². The number of phenolic OH excluding ortho intramolecular Hbond substituents is 3. The zero-order valence-electron chi connectivity index (χ0n) is 20.7. The first-order valence-electron chi connectivity index (χ1n) is 11.2. The fourth-order valence-electron chi connectivity index (χ4n) is 3.41. The van der Waals surface area contributed by atoms with Crippen LogP contribution in [0.5, 0.6) is 23.0 Å². The van der Waals surface area contributed by atoms with Crippen LogP contribution in [-0.4, -0.2) is 56.8 Å². The molecule has 1 atom stereocenters. The second kappa shape index (κ2) is 12.9. The molecule has 0 aromatic heterocycles. The number of aryl methyl sites for hydroxylation is 1. The van der Waals surface area contributed by atoms with Crippen molar-refractivity contribution in [1.82, 2.24) is 0 Å². The molecule has 0 amide bonds. The van der Waals surface area contributed by atoms with E-state index in [1.807, 2.05) is 19.9 Å². The summed E-state index contributed by atoms with van der Waals surface area (Å²) in [5, 5.41) is 50.6. The number of hydrogen-bond donors (Lipinski definition) is 5. The number of ether oxygens (including phenoxy) is 3. The van der Waals surface area contributed by atoms with E-state index in [1.54, 1.807) is 0 Å². The number of carbonyl (C=O) groups is 2. The lowest BCUT2D eigenvalue weighted by Crippen LogP contribution is -2.23. The van der Waals surface area contributed by atoms with Gasteiger partial charge in [0.05, 0.1) is 19.8 Å². The molecule has 10 nitrogen and oxygen atoms in total. The fourth-order valence-corrected chi connectivity index (χ4v) is 3.41. The molecule has 0 saturated carbocycles. The van der Waals surface area contributed by atoms with E-state index in [9.17, 15) is 35.1 Å². The summed E-state index contributed by atoms with van der Waals surface area (Å²) in [4.78, 5) is 23.8. The first kappa shape index (κ1) is 28.6. The highest BCUT2D eigenvalue weighted by Crippen LogP contribution is 2.37. The van der Waals surface area contributed by atoms with E-state index in [1.165, 1.54) is 26.0 Å². The van der Waals surface area contributed by atoms with Crippen LogP contribution in [0.25, 0.3) is 0 Å². The fraction of sp³-hybridized carbons (Fsp3) is 0.385. The van der Waals surface area contributed by atoms with Crippen LogP contribution in [0.4, 0.5) is 0 Å². The van der Waals surface area contributed by atoms with Crippen LogP contribution in [0.15, 0.2) is 29.8 Å². The second-order valence-electron chi connectivity index (χ2n) is 8.50. The third-order valence-electron chi connectivity index (χ3n) is 5.19. The number of aromatic hydroxyl groups is 3. The van der Waals surface area contributed by atoms with Crippen LogP contribution < -0.4 is 4.74 Å². The van der Waals surface area contributed by atoms with Gasteiger partial charge < -0.3 is 39.7 Å². The van der Waals surface area contributed by atoms with Crippen LogP contribution >= 0.6 is 0 Å². The number of carbonyl (C=O) groups excluding carboxylic acids is 2. The first-order chi connectivity index (χ1) is 16.9. The topological polar surface area (TPSA) is 163 Å². The molecule has 0 bridgehead atoms. The van der Waals surface area contributed by atoms with E-state index >= 15 is 0 Å². The average Bonchev–Trinajstić information content (AvgIpc) is 2.77.